The van der Waals surface area contributed by atoms with Gasteiger partial charge >= 0.3 is 0 Å². The molecule has 10 nitrogen and oxygen atoms in total. The molecule has 1 aliphatic carbocycles. The number of nitrogen functional groups attached to an aromatic ring is 1. The number of amides is 2. The number of rotatable bonds is 7. The minimum atomic E-state index is -0.675. The van der Waals surface area contributed by atoms with Crippen molar-refractivity contribution in [1.29, 1.82) is 0 Å². The summed E-state index contributed by atoms with van der Waals surface area (Å²) in [7, 11) is 0. The van der Waals surface area contributed by atoms with E-state index in [9.17, 15) is 18.8 Å². The molecule has 0 unspecified atom stereocenters. The summed E-state index contributed by atoms with van der Waals surface area (Å²) in [6.45, 7) is 0. The second-order valence-electron chi connectivity index (χ2n) is 9.51. The molecule has 6 rings (SSSR count). The number of hydrogen-bond donors (Lipinski definition) is 3. The first kappa shape index (κ1) is 26.1. The molecule has 5 aromatic rings. The third kappa shape index (κ3) is 5.48. The SMILES string of the molecule is Nc1ccc(C(=O)Nc2ccc(Oc3ccc4nc(NC(=O)C5CC5)cn4c3)c(Cl)c2)c(=O)n1-c1ccc(F)cc1. The number of fused-ring (bicyclic) bond motifs is 1. The van der Waals surface area contributed by atoms with Gasteiger partial charge in [-0.3, -0.25) is 19.0 Å². The van der Waals surface area contributed by atoms with Gasteiger partial charge in [0.05, 0.1) is 23.1 Å². The van der Waals surface area contributed by atoms with Crippen LogP contribution in [0.15, 0.2) is 83.9 Å². The molecule has 12 heteroatoms. The summed E-state index contributed by atoms with van der Waals surface area (Å²) in [6.07, 6.45) is 5.20. The molecular formula is C29H22ClFN6O4. The fourth-order valence-electron chi connectivity index (χ4n) is 4.23. The van der Waals surface area contributed by atoms with Gasteiger partial charge in [0.15, 0.2) is 5.82 Å². The number of imidazole rings is 1. The second-order valence-corrected chi connectivity index (χ2v) is 9.92. The first-order valence-corrected chi connectivity index (χ1v) is 13.0. The van der Waals surface area contributed by atoms with Crippen LogP contribution in [0.2, 0.25) is 5.02 Å². The molecule has 0 aliphatic heterocycles. The Morgan fingerprint density at radius 3 is 2.51 bits per heavy atom. The molecule has 1 fully saturated rings. The number of ether oxygens (including phenoxy) is 1. The Bertz CT molecular complexity index is 1880. The van der Waals surface area contributed by atoms with Crippen LogP contribution < -0.4 is 26.7 Å². The predicted octanol–water partition coefficient (Wildman–Crippen LogP) is 5.25. The molecule has 0 saturated heterocycles. The Hall–Kier alpha value is -5.16. The molecule has 0 spiro atoms. The number of carbonyl (C=O) groups is 2. The van der Waals surface area contributed by atoms with E-state index >= 15 is 0 Å². The molecule has 1 aliphatic rings. The van der Waals surface area contributed by atoms with Gasteiger partial charge in [-0.2, -0.15) is 0 Å². The number of anilines is 3. The quantitative estimate of drug-likeness (QED) is 0.244. The van der Waals surface area contributed by atoms with Gasteiger partial charge < -0.3 is 25.5 Å². The summed E-state index contributed by atoms with van der Waals surface area (Å²) in [5.41, 5.74) is 6.42. The molecule has 2 amide bonds. The van der Waals surface area contributed by atoms with Gasteiger partial charge in [0, 0.05) is 11.6 Å². The van der Waals surface area contributed by atoms with E-state index in [2.05, 4.69) is 15.6 Å². The van der Waals surface area contributed by atoms with E-state index in [0.717, 1.165) is 17.4 Å². The van der Waals surface area contributed by atoms with Crippen LogP contribution in [0.25, 0.3) is 11.3 Å². The second kappa shape index (κ2) is 10.4. The van der Waals surface area contributed by atoms with Crippen molar-refractivity contribution < 1.29 is 18.7 Å². The van der Waals surface area contributed by atoms with Crippen molar-refractivity contribution >= 4 is 46.4 Å². The van der Waals surface area contributed by atoms with E-state index < -0.39 is 17.3 Å². The summed E-state index contributed by atoms with van der Waals surface area (Å²) in [5, 5.41) is 5.68. The first-order valence-electron chi connectivity index (χ1n) is 12.6. The molecule has 3 heterocycles. The van der Waals surface area contributed by atoms with Crippen molar-refractivity contribution in [2.24, 2.45) is 5.92 Å². The van der Waals surface area contributed by atoms with Crippen LogP contribution in [0.3, 0.4) is 0 Å². The summed E-state index contributed by atoms with van der Waals surface area (Å²) >= 11 is 6.44. The number of nitrogens with zero attached hydrogens (tertiary/aromatic N) is 3. The number of nitrogens with two attached hydrogens (primary N) is 1. The molecule has 2 aromatic carbocycles. The number of hydrogen-bond acceptors (Lipinski definition) is 6. The third-order valence-electron chi connectivity index (χ3n) is 6.48. The largest absolute Gasteiger partial charge is 0.454 e. The van der Waals surface area contributed by atoms with E-state index in [1.54, 1.807) is 41.1 Å². The summed E-state index contributed by atoms with van der Waals surface area (Å²) < 4.78 is 22.1. The molecule has 206 valence electrons. The Morgan fingerprint density at radius 2 is 1.78 bits per heavy atom. The highest BCUT2D eigenvalue weighted by atomic mass is 35.5. The summed E-state index contributed by atoms with van der Waals surface area (Å²) in [6, 6.07) is 16.0. The van der Waals surface area contributed by atoms with Gasteiger partial charge in [0.2, 0.25) is 5.91 Å². The van der Waals surface area contributed by atoms with Crippen LogP contribution in [0.1, 0.15) is 23.2 Å². The third-order valence-corrected chi connectivity index (χ3v) is 6.78. The molecule has 41 heavy (non-hydrogen) atoms. The molecule has 0 radical (unpaired) electrons. The van der Waals surface area contributed by atoms with E-state index in [0.29, 0.717) is 34.3 Å². The zero-order valence-electron chi connectivity index (χ0n) is 21.3. The number of pyridine rings is 2. The van der Waals surface area contributed by atoms with Gasteiger partial charge in [0.1, 0.15) is 34.3 Å². The lowest BCUT2D eigenvalue weighted by molar-refractivity contribution is -0.117. The van der Waals surface area contributed by atoms with E-state index in [1.807, 2.05) is 0 Å². The number of benzene rings is 2. The normalized spacial score (nSPS) is 12.7. The van der Waals surface area contributed by atoms with Gasteiger partial charge in [-0.1, -0.05) is 11.6 Å². The smallest absolute Gasteiger partial charge is 0.269 e. The zero-order chi connectivity index (χ0) is 28.7. The predicted molar refractivity (Wildman–Crippen MR) is 152 cm³/mol. The van der Waals surface area contributed by atoms with Crippen LogP contribution in [0.5, 0.6) is 11.5 Å². The molecule has 1 saturated carbocycles. The fourth-order valence-corrected chi connectivity index (χ4v) is 4.45. The van der Waals surface area contributed by atoms with Crippen LogP contribution in [0.4, 0.5) is 21.7 Å². The fraction of sp³-hybridized carbons (Fsp3) is 0.103. The molecule has 0 atom stereocenters. The first-order chi connectivity index (χ1) is 19.7. The van der Waals surface area contributed by atoms with Crippen LogP contribution in [0, 0.1) is 11.7 Å². The number of nitrogens with one attached hydrogen (secondary N) is 2. The van der Waals surface area contributed by atoms with Crippen molar-refractivity contribution in [1.82, 2.24) is 14.0 Å². The highest BCUT2D eigenvalue weighted by Gasteiger charge is 2.30. The Balaban J connectivity index is 1.17. The lowest BCUT2D eigenvalue weighted by atomic mass is 10.2. The Kier molecular flexibility index (Phi) is 6.64. The number of aromatic nitrogens is 3. The van der Waals surface area contributed by atoms with Crippen LogP contribution in [-0.2, 0) is 4.79 Å². The lowest BCUT2D eigenvalue weighted by Gasteiger charge is -2.13. The maximum atomic E-state index is 13.3. The van der Waals surface area contributed by atoms with Crippen LogP contribution in [-0.4, -0.2) is 25.8 Å². The van der Waals surface area contributed by atoms with Crippen molar-refractivity contribution in [3.63, 3.8) is 0 Å². The molecule has 4 N–H and O–H groups in total. The molecule has 0 bridgehead atoms. The van der Waals surface area contributed by atoms with Gasteiger partial charge in [-0.25, -0.2) is 9.37 Å². The average molecular weight is 573 g/mol. The van der Waals surface area contributed by atoms with Crippen molar-refractivity contribution in [3.8, 4) is 17.2 Å². The lowest BCUT2D eigenvalue weighted by Crippen LogP contribution is -2.29. The molecular weight excluding hydrogens is 551 g/mol. The standard InChI is InChI=1S/C29H22ClFN6O4/c30-22-13-18(33-28(39)21-9-11-24(32)37(29(21)40)19-6-3-17(31)4-7-19)5-10-23(22)41-20-8-12-26-34-25(15-36(26)14-20)35-27(38)16-1-2-16/h3-16H,1-2,32H2,(H,33,39)(H,35,38). The number of halogens is 2. The van der Waals surface area contributed by atoms with Gasteiger partial charge in [-0.15, -0.1) is 0 Å². The van der Waals surface area contributed by atoms with Crippen molar-refractivity contribution in [3.05, 3.63) is 106 Å². The highest BCUT2D eigenvalue weighted by Crippen LogP contribution is 2.33. The summed E-state index contributed by atoms with van der Waals surface area (Å²) in [4.78, 5) is 42.5. The van der Waals surface area contributed by atoms with Crippen LogP contribution >= 0.6 is 11.6 Å². The average Bonchev–Trinajstić information content (AvgIpc) is 3.72. The van der Waals surface area contributed by atoms with Gasteiger partial charge in [-0.05, 0) is 79.6 Å². The van der Waals surface area contributed by atoms with E-state index in [4.69, 9.17) is 22.1 Å². The monoisotopic (exact) mass is 572 g/mol. The topological polar surface area (TPSA) is 133 Å². The summed E-state index contributed by atoms with van der Waals surface area (Å²) in [5.74, 6) is 0.252. The Labute approximate surface area is 237 Å². The Morgan fingerprint density at radius 1 is 1.00 bits per heavy atom. The molecule has 3 aromatic heterocycles. The number of carbonyl (C=O) groups excluding carboxylic acids is 2. The maximum Gasteiger partial charge on any atom is 0.269 e. The van der Waals surface area contributed by atoms with Crippen molar-refractivity contribution in [2.75, 3.05) is 16.4 Å². The minimum absolute atomic E-state index is 0.0289. The van der Waals surface area contributed by atoms with E-state index in [1.165, 1.54) is 42.5 Å². The van der Waals surface area contributed by atoms with E-state index in [-0.39, 0.29) is 28.2 Å². The maximum absolute atomic E-state index is 13.3. The minimum Gasteiger partial charge on any atom is -0.454 e. The highest BCUT2D eigenvalue weighted by molar-refractivity contribution is 6.32. The van der Waals surface area contributed by atoms with Crippen molar-refractivity contribution in [2.45, 2.75) is 12.8 Å². The zero-order valence-corrected chi connectivity index (χ0v) is 22.1. The van der Waals surface area contributed by atoms with Gasteiger partial charge in [0.25, 0.3) is 11.5 Å².